The zero-order chi connectivity index (χ0) is 16.2. The van der Waals surface area contributed by atoms with Gasteiger partial charge in [-0.3, -0.25) is 4.90 Å². The van der Waals surface area contributed by atoms with Gasteiger partial charge in [0.15, 0.2) is 0 Å². The van der Waals surface area contributed by atoms with Gasteiger partial charge in [-0.05, 0) is 29.7 Å². The number of nitrogens with zero attached hydrogens (tertiary/aromatic N) is 2. The third-order valence-electron chi connectivity index (χ3n) is 4.33. The molecule has 24 heavy (non-hydrogen) atoms. The first-order valence-corrected chi connectivity index (χ1v) is 8.35. The van der Waals surface area contributed by atoms with Crippen molar-refractivity contribution in [1.29, 1.82) is 0 Å². The minimum atomic E-state index is 0.668. The Hall–Kier alpha value is -2.65. The summed E-state index contributed by atoms with van der Waals surface area (Å²) in [6.45, 7) is 2.91. The molecule has 0 N–H and O–H groups in total. The molecule has 0 spiro atoms. The van der Waals surface area contributed by atoms with Crippen molar-refractivity contribution < 1.29 is 4.74 Å². The monoisotopic (exact) mass is 316 g/mol. The molecule has 2 aromatic carbocycles. The lowest BCUT2D eigenvalue weighted by molar-refractivity contribution is 0.240. The highest BCUT2D eigenvalue weighted by molar-refractivity contribution is 5.32. The number of hydrogen-bond donors (Lipinski definition) is 0. The van der Waals surface area contributed by atoms with Gasteiger partial charge in [0.1, 0.15) is 5.75 Å². The minimum absolute atomic E-state index is 0.668. The lowest BCUT2D eigenvalue weighted by Crippen LogP contribution is -2.30. The number of para-hydroxylation sites is 1. The number of aromatic nitrogens is 1. The molecule has 0 amide bonds. The topological polar surface area (TPSA) is 25.4 Å². The van der Waals surface area contributed by atoms with Crippen LogP contribution in [0.3, 0.4) is 0 Å². The number of benzene rings is 2. The highest BCUT2D eigenvalue weighted by atomic mass is 16.5. The Kier molecular flexibility index (Phi) is 4.26. The highest BCUT2D eigenvalue weighted by Crippen LogP contribution is 2.24. The van der Waals surface area contributed by atoms with Crippen molar-refractivity contribution in [1.82, 2.24) is 9.88 Å². The molecular weight excluding hydrogens is 296 g/mol. The summed E-state index contributed by atoms with van der Waals surface area (Å²) in [6, 6.07) is 24.5. The van der Waals surface area contributed by atoms with Crippen LogP contribution in [0.5, 0.6) is 11.6 Å². The Bertz CT molecular complexity index is 803. The van der Waals surface area contributed by atoms with E-state index in [1.807, 2.05) is 36.4 Å². The first-order chi connectivity index (χ1) is 11.9. The molecule has 0 atom stereocenters. The summed E-state index contributed by atoms with van der Waals surface area (Å²) >= 11 is 0. The lowest BCUT2D eigenvalue weighted by atomic mass is 10.0. The average molecular weight is 316 g/mol. The van der Waals surface area contributed by atoms with Crippen molar-refractivity contribution in [2.45, 2.75) is 19.5 Å². The molecular formula is C21H20N2O. The van der Waals surface area contributed by atoms with E-state index in [0.29, 0.717) is 5.88 Å². The second kappa shape index (κ2) is 6.85. The number of hydrogen-bond acceptors (Lipinski definition) is 3. The van der Waals surface area contributed by atoms with Crippen molar-refractivity contribution in [3.63, 3.8) is 0 Å². The molecule has 1 aromatic heterocycles. The van der Waals surface area contributed by atoms with E-state index in [-0.39, 0.29) is 0 Å². The van der Waals surface area contributed by atoms with Crippen molar-refractivity contribution in [2.75, 3.05) is 6.54 Å². The van der Waals surface area contributed by atoms with E-state index in [4.69, 9.17) is 9.72 Å². The number of pyridine rings is 1. The van der Waals surface area contributed by atoms with E-state index >= 15 is 0 Å². The normalized spacial score (nSPS) is 14.2. The van der Waals surface area contributed by atoms with Crippen LogP contribution in [0.4, 0.5) is 0 Å². The van der Waals surface area contributed by atoms with Gasteiger partial charge in [-0.1, -0.05) is 54.6 Å². The minimum Gasteiger partial charge on any atom is -0.439 e. The maximum absolute atomic E-state index is 5.87. The van der Waals surface area contributed by atoms with Crippen molar-refractivity contribution in [2.24, 2.45) is 0 Å². The van der Waals surface area contributed by atoms with Crippen molar-refractivity contribution >= 4 is 0 Å². The second-order valence-electron chi connectivity index (χ2n) is 6.12. The second-order valence-corrected chi connectivity index (χ2v) is 6.12. The van der Waals surface area contributed by atoms with Crippen LogP contribution in [0.2, 0.25) is 0 Å². The van der Waals surface area contributed by atoms with E-state index < -0.39 is 0 Å². The Morgan fingerprint density at radius 3 is 2.42 bits per heavy atom. The Labute approximate surface area is 142 Å². The predicted octanol–water partition coefficient (Wildman–Crippen LogP) is 4.43. The van der Waals surface area contributed by atoms with Crippen LogP contribution in [0.25, 0.3) is 0 Å². The van der Waals surface area contributed by atoms with E-state index in [2.05, 4.69) is 41.3 Å². The summed E-state index contributed by atoms with van der Waals surface area (Å²) in [7, 11) is 0. The summed E-state index contributed by atoms with van der Waals surface area (Å²) in [4.78, 5) is 7.18. The van der Waals surface area contributed by atoms with Crippen molar-refractivity contribution in [3.8, 4) is 11.6 Å². The molecule has 3 aromatic rings. The Morgan fingerprint density at radius 2 is 1.62 bits per heavy atom. The standard InChI is InChI=1S/C21H20N2O/c1-3-7-17(8-4-1)15-23-14-13-18-11-12-21(22-20(18)16-23)24-19-9-5-2-6-10-19/h1-12H,13-16H2. The molecule has 0 aliphatic carbocycles. The molecule has 3 heteroatoms. The third-order valence-corrected chi connectivity index (χ3v) is 4.33. The molecule has 0 saturated heterocycles. The first kappa shape index (κ1) is 14.9. The van der Waals surface area contributed by atoms with Crippen LogP contribution in [-0.2, 0) is 19.5 Å². The quantitative estimate of drug-likeness (QED) is 0.712. The molecule has 1 aliphatic rings. The smallest absolute Gasteiger partial charge is 0.219 e. The van der Waals surface area contributed by atoms with Gasteiger partial charge in [-0.25, -0.2) is 4.98 Å². The van der Waals surface area contributed by atoms with Gasteiger partial charge in [0.25, 0.3) is 0 Å². The van der Waals surface area contributed by atoms with Gasteiger partial charge in [-0.2, -0.15) is 0 Å². The first-order valence-electron chi connectivity index (χ1n) is 8.35. The maximum atomic E-state index is 5.87. The summed E-state index contributed by atoms with van der Waals surface area (Å²) < 4.78 is 5.87. The van der Waals surface area contributed by atoms with Crippen LogP contribution in [0.1, 0.15) is 16.8 Å². The number of ether oxygens (including phenoxy) is 1. The Balaban J connectivity index is 1.49. The number of fused-ring (bicyclic) bond motifs is 1. The van der Waals surface area contributed by atoms with E-state index in [9.17, 15) is 0 Å². The predicted molar refractivity (Wildman–Crippen MR) is 95.0 cm³/mol. The summed E-state index contributed by atoms with van der Waals surface area (Å²) in [5.74, 6) is 1.49. The lowest BCUT2D eigenvalue weighted by Gasteiger charge is -2.28. The molecule has 0 saturated carbocycles. The molecule has 0 fully saturated rings. The van der Waals surface area contributed by atoms with E-state index in [0.717, 1.165) is 37.5 Å². The van der Waals surface area contributed by atoms with Gasteiger partial charge < -0.3 is 4.74 Å². The zero-order valence-corrected chi connectivity index (χ0v) is 13.6. The molecule has 2 heterocycles. The van der Waals surface area contributed by atoms with E-state index in [1.165, 1.54) is 11.1 Å². The summed E-state index contributed by atoms with van der Waals surface area (Å²) in [5.41, 5.74) is 3.81. The molecule has 120 valence electrons. The molecule has 1 aliphatic heterocycles. The van der Waals surface area contributed by atoms with Crippen LogP contribution in [0, 0.1) is 0 Å². The SMILES string of the molecule is c1ccc(CN2CCc3ccc(Oc4ccccc4)nc3C2)cc1. The average Bonchev–Trinajstić information content (AvgIpc) is 2.63. The Morgan fingerprint density at radius 1 is 0.875 bits per heavy atom. The zero-order valence-electron chi connectivity index (χ0n) is 13.6. The van der Waals surface area contributed by atoms with Gasteiger partial charge >= 0.3 is 0 Å². The van der Waals surface area contributed by atoms with Gasteiger partial charge in [-0.15, -0.1) is 0 Å². The fourth-order valence-corrected chi connectivity index (χ4v) is 3.09. The molecule has 3 nitrogen and oxygen atoms in total. The highest BCUT2D eigenvalue weighted by Gasteiger charge is 2.18. The van der Waals surface area contributed by atoms with Crippen molar-refractivity contribution in [3.05, 3.63) is 89.6 Å². The molecule has 4 rings (SSSR count). The van der Waals surface area contributed by atoms with E-state index in [1.54, 1.807) is 0 Å². The third kappa shape index (κ3) is 3.47. The maximum Gasteiger partial charge on any atom is 0.219 e. The van der Waals surface area contributed by atoms with Crippen LogP contribution in [0.15, 0.2) is 72.8 Å². The van der Waals surface area contributed by atoms with Gasteiger partial charge in [0, 0.05) is 25.7 Å². The summed E-state index contributed by atoms with van der Waals surface area (Å²) in [5, 5.41) is 0. The molecule has 0 bridgehead atoms. The number of rotatable bonds is 4. The van der Waals surface area contributed by atoms with Gasteiger partial charge in [0.05, 0.1) is 5.69 Å². The largest absolute Gasteiger partial charge is 0.439 e. The van der Waals surface area contributed by atoms with Crippen LogP contribution < -0.4 is 4.74 Å². The van der Waals surface area contributed by atoms with Gasteiger partial charge in [0.2, 0.25) is 5.88 Å². The summed E-state index contributed by atoms with van der Waals surface area (Å²) in [6.07, 6.45) is 1.04. The fourth-order valence-electron chi connectivity index (χ4n) is 3.09. The fraction of sp³-hybridized carbons (Fsp3) is 0.190. The van der Waals surface area contributed by atoms with Crippen LogP contribution >= 0.6 is 0 Å². The molecule has 0 radical (unpaired) electrons. The van der Waals surface area contributed by atoms with Crippen LogP contribution in [-0.4, -0.2) is 16.4 Å². The molecule has 0 unspecified atom stereocenters.